The summed E-state index contributed by atoms with van der Waals surface area (Å²) in [6.07, 6.45) is 4.57. The van der Waals surface area contributed by atoms with Crippen molar-refractivity contribution < 1.29 is 23.1 Å². The number of rotatable bonds is 4. The molecule has 0 spiro atoms. The number of hydrogen-bond donors (Lipinski definition) is 1. The number of fused-ring (bicyclic) bond motifs is 2. The largest absolute Gasteiger partial charge is 0.481 e. The third-order valence-electron chi connectivity index (χ3n) is 5.72. The Morgan fingerprint density at radius 3 is 2.26 bits per heavy atom. The molecule has 7 nitrogen and oxygen atoms in total. The van der Waals surface area contributed by atoms with Gasteiger partial charge in [-0.15, -0.1) is 11.3 Å². The van der Waals surface area contributed by atoms with Crippen LogP contribution in [0.1, 0.15) is 6.42 Å². The lowest BCUT2D eigenvalue weighted by Crippen LogP contribution is -2.53. The predicted molar refractivity (Wildman–Crippen MR) is 100 cm³/mol. The second kappa shape index (κ2) is 6.88. The van der Waals surface area contributed by atoms with E-state index in [0.29, 0.717) is 10.8 Å². The number of allylic oxidation sites excluding steroid dienone is 2. The highest BCUT2D eigenvalue weighted by molar-refractivity contribution is 7.91. The molecule has 0 radical (unpaired) electrons. The molecule has 3 aliphatic rings. The first kappa shape index (κ1) is 18.9. The number of carboxylic acid groups (broad SMARTS) is 1. The fourth-order valence-corrected chi connectivity index (χ4v) is 7.48. The molecular formula is C17H19ClN2O5S2. The van der Waals surface area contributed by atoms with Gasteiger partial charge in [0.1, 0.15) is 4.21 Å². The maximum Gasteiger partial charge on any atom is 0.307 e. The summed E-state index contributed by atoms with van der Waals surface area (Å²) in [5, 5.41) is 9.53. The van der Waals surface area contributed by atoms with E-state index in [1.165, 1.54) is 10.4 Å². The molecule has 4 atom stereocenters. The lowest BCUT2D eigenvalue weighted by molar-refractivity contribution is -0.151. The molecule has 0 unspecified atom stereocenters. The lowest BCUT2D eigenvalue weighted by atomic mass is 9.82. The SMILES string of the molecule is O=C(O)[C@@H]1[C@H](C(=O)N2CCN(S(=O)(=O)c3ccc(Cl)s3)CC2)[C@@H]2C=C[C@H]1C2. The zero-order valence-electron chi connectivity index (χ0n) is 14.3. The molecule has 2 bridgehead atoms. The van der Waals surface area contributed by atoms with Gasteiger partial charge in [-0.3, -0.25) is 9.59 Å². The minimum absolute atomic E-state index is 0.0291. The summed E-state index contributed by atoms with van der Waals surface area (Å²) in [7, 11) is -3.62. The Bertz CT molecular complexity index is 904. The molecule has 2 aliphatic carbocycles. The third-order valence-corrected chi connectivity index (χ3v) is 9.32. The van der Waals surface area contributed by atoms with Crippen LogP contribution in [0.5, 0.6) is 0 Å². The summed E-state index contributed by atoms with van der Waals surface area (Å²) in [6, 6.07) is 3.03. The van der Waals surface area contributed by atoms with Gasteiger partial charge in [0, 0.05) is 26.2 Å². The van der Waals surface area contributed by atoms with Crippen LogP contribution < -0.4 is 0 Å². The molecule has 1 saturated heterocycles. The van der Waals surface area contributed by atoms with Crippen molar-refractivity contribution in [1.82, 2.24) is 9.21 Å². The van der Waals surface area contributed by atoms with Gasteiger partial charge < -0.3 is 10.0 Å². The van der Waals surface area contributed by atoms with Crippen LogP contribution in [-0.2, 0) is 19.6 Å². The van der Waals surface area contributed by atoms with Gasteiger partial charge >= 0.3 is 5.97 Å². The minimum atomic E-state index is -3.62. The fourth-order valence-electron chi connectivity index (χ4n) is 4.42. The molecule has 1 aromatic rings. The first-order valence-electron chi connectivity index (χ1n) is 8.74. The second-order valence-corrected chi connectivity index (χ2v) is 11.0. The van der Waals surface area contributed by atoms with E-state index >= 15 is 0 Å². The van der Waals surface area contributed by atoms with Crippen molar-refractivity contribution in [3.63, 3.8) is 0 Å². The van der Waals surface area contributed by atoms with Crippen molar-refractivity contribution in [1.29, 1.82) is 0 Å². The number of aliphatic carboxylic acids is 1. The average molecular weight is 431 g/mol. The van der Waals surface area contributed by atoms with Crippen LogP contribution in [0.3, 0.4) is 0 Å². The monoisotopic (exact) mass is 430 g/mol. The van der Waals surface area contributed by atoms with E-state index in [4.69, 9.17) is 11.6 Å². The molecule has 1 aromatic heterocycles. The molecule has 0 aromatic carbocycles. The van der Waals surface area contributed by atoms with E-state index in [9.17, 15) is 23.1 Å². The predicted octanol–water partition coefficient (Wildman–Crippen LogP) is 1.76. The van der Waals surface area contributed by atoms with Crippen LogP contribution >= 0.6 is 22.9 Å². The van der Waals surface area contributed by atoms with Crippen molar-refractivity contribution >= 4 is 44.8 Å². The normalized spacial score (nSPS) is 30.8. The maximum absolute atomic E-state index is 13.0. The third kappa shape index (κ3) is 3.20. The van der Waals surface area contributed by atoms with E-state index in [1.54, 1.807) is 11.0 Å². The van der Waals surface area contributed by atoms with Gasteiger partial charge in [0.15, 0.2) is 0 Å². The molecule has 1 N–H and O–H groups in total. The van der Waals surface area contributed by atoms with Gasteiger partial charge in [-0.25, -0.2) is 8.42 Å². The van der Waals surface area contributed by atoms with Crippen LogP contribution in [0, 0.1) is 23.7 Å². The van der Waals surface area contributed by atoms with Gasteiger partial charge in [0.25, 0.3) is 10.0 Å². The molecule has 146 valence electrons. The van der Waals surface area contributed by atoms with Crippen molar-refractivity contribution in [3.05, 3.63) is 28.6 Å². The molecule has 2 heterocycles. The number of thiophene rings is 1. The van der Waals surface area contributed by atoms with E-state index in [-0.39, 0.29) is 48.1 Å². The quantitative estimate of drug-likeness (QED) is 0.734. The second-order valence-electron chi connectivity index (χ2n) is 7.13. The number of amides is 1. The number of sulfonamides is 1. The first-order chi connectivity index (χ1) is 12.8. The molecule has 1 amide bonds. The van der Waals surface area contributed by atoms with Gasteiger partial charge in [-0.2, -0.15) is 4.31 Å². The smallest absolute Gasteiger partial charge is 0.307 e. The minimum Gasteiger partial charge on any atom is -0.481 e. The summed E-state index contributed by atoms with van der Waals surface area (Å²) in [4.78, 5) is 26.2. The number of piperazine rings is 1. The van der Waals surface area contributed by atoms with Crippen LogP contribution in [0.25, 0.3) is 0 Å². The number of carboxylic acids is 1. The molecule has 1 saturated carbocycles. The summed E-state index contributed by atoms with van der Waals surface area (Å²) < 4.78 is 27.3. The van der Waals surface area contributed by atoms with Crippen LogP contribution in [0.4, 0.5) is 0 Å². The van der Waals surface area contributed by atoms with E-state index in [0.717, 1.165) is 11.3 Å². The summed E-state index contributed by atoms with van der Waals surface area (Å²) in [6.45, 7) is 0.915. The lowest BCUT2D eigenvalue weighted by Gasteiger charge is -2.37. The maximum atomic E-state index is 13.0. The zero-order valence-corrected chi connectivity index (χ0v) is 16.7. The summed E-state index contributed by atoms with van der Waals surface area (Å²) in [5.74, 6) is -2.43. The number of hydrogen-bond acceptors (Lipinski definition) is 5. The van der Waals surface area contributed by atoms with E-state index in [2.05, 4.69) is 0 Å². The Hall–Kier alpha value is -1.42. The Morgan fingerprint density at radius 1 is 1.07 bits per heavy atom. The summed E-state index contributed by atoms with van der Waals surface area (Å²) >= 11 is 6.85. The highest BCUT2D eigenvalue weighted by atomic mass is 35.5. The van der Waals surface area contributed by atoms with Gasteiger partial charge in [0.2, 0.25) is 5.91 Å². The molecular weight excluding hydrogens is 412 g/mol. The van der Waals surface area contributed by atoms with Crippen molar-refractivity contribution in [2.45, 2.75) is 10.6 Å². The van der Waals surface area contributed by atoms with Crippen LogP contribution in [0.2, 0.25) is 4.34 Å². The number of halogens is 1. The fraction of sp³-hybridized carbons (Fsp3) is 0.529. The van der Waals surface area contributed by atoms with E-state index in [1.807, 2.05) is 12.2 Å². The Kier molecular flexibility index (Phi) is 4.82. The van der Waals surface area contributed by atoms with E-state index < -0.39 is 27.8 Å². The highest BCUT2D eigenvalue weighted by Crippen LogP contribution is 2.48. The molecule has 2 fully saturated rings. The topological polar surface area (TPSA) is 95.0 Å². The standard InChI is InChI=1S/C17H19ClN2O5S2/c18-12-3-4-13(26-12)27(24,25)20-7-5-19(6-8-20)16(21)14-10-1-2-11(9-10)15(14)17(22)23/h1-4,10-11,14-15H,5-9H2,(H,22,23)/t10-,11+,14-,15+/m1/s1. The number of nitrogens with zero attached hydrogens (tertiary/aromatic N) is 2. The Morgan fingerprint density at radius 2 is 1.70 bits per heavy atom. The number of carbonyl (C=O) groups excluding carboxylic acids is 1. The van der Waals surface area contributed by atoms with Crippen LogP contribution in [0.15, 0.2) is 28.5 Å². The molecule has 4 rings (SSSR count). The van der Waals surface area contributed by atoms with Crippen molar-refractivity contribution in [2.24, 2.45) is 23.7 Å². The zero-order chi connectivity index (χ0) is 19.3. The average Bonchev–Trinajstić information content (AvgIpc) is 3.36. The Balaban J connectivity index is 1.44. The van der Waals surface area contributed by atoms with Crippen molar-refractivity contribution in [3.8, 4) is 0 Å². The van der Waals surface area contributed by atoms with Crippen LogP contribution in [-0.4, -0.2) is 60.8 Å². The van der Waals surface area contributed by atoms with Gasteiger partial charge in [-0.1, -0.05) is 23.8 Å². The van der Waals surface area contributed by atoms with Crippen molar-refractivity contribution in [2.75, 3.05) is 26.2 Å². The number of carbonyl (C=O) groups is 2. The Labute approximate surface area is 166 Å². The summed E-state index contributed by atoms with van der Waals surface area (Å²) in [5.41, 5.74) is 0. The van der Waals surface area contributed by atoms with Gasteiger partial charge in [0.05, 0.1) is 16.2 Å². The first-order valence-corrected chi connectivity index (χ1v) is 11.4. The molecule has 1 aliphatic heterocycles. The molecule has 10 heteroatoms. The van der Waals surface area contributed by atoms with Gasteiger partial charge in [-0.05, 0) is 30.4 Å². The highest BCUT2D eigenvalue weighted by Gasteiger charge is 2.52. The molecule has 27 heavy (non-hydrogen) atoms.